The van der Waals surface area contributed by atoms with E-state index in [1.165, 1.54) is 6.42 Å². The first-order valence-corrected chi connectivity index (χ1v) is 6.81. The molecule has 0 aromatic heterocycles. The fourth-order valence-electron chi connectivity index (χ4n) is 2.06. The van der Waals surface area contributed by atoms with E-state index in [0.29, 0.717) is 5.92 Å². The van der Waals surface area contributed by atoms with Crippen molar-refractivity contribution in [3.63, 3.8) is 0 Å². The van der Waals surface area contributed by atoms with Gasteiger partial charge in [-0.05, 0) is 32.1 Å². The third kappa shape index (κ3) is 5.09. The van der Waals surface area contributed by atoms with Crippen LogP contribution < -0.4 is 20.1 Å². The lowest BCUT2D eigenvalue weighted by molar-refractivity contribution is 0.387. The van der Waals surface area contributed by atoms with E-state index < -0.39 is 0 Å². The van der Waals surface area contributed by atoms with Crippen LogP contribution in [0.1, 0.15) is 18.9 Å². The molecule has 0 bridgehead atoms. The Labute approximate surface area is 116 Å². The van der Waals surface area contributed by atoms with Crippen molar-refractivity contribution < 1.29 is 9.47 Å². The molecular formula is C15H26N2O2. The van der Waals surface area contributed by atoms with Crippen LogP contribution in [0.25, 0.3) is 0 Å². The number of benzene rings is 1. The molecule has 108 valence electrons. The van der Waals surface area contributed by atoms with Gasteiger partial charge in [0.25, 0.3) is 0 Å². The average Bonchev–Trinajstić information content (AvgIpc) is 2.46. The Morgan fingerprint density at radius 3 is 2.53 bits per heavy atom. The zero-order chi connectivity index (χ0) is 14.1. The topological polar surface area (TPSA) is 42.5 Å². The highest BCUT2D eigenvalue weighted by atomic mass is 16.5. The second kappa shape index (κ2) is 8.77. The molecule has 0 saturated heterocycles. The van der Waals surface area contributed by atoms with Gasteiger partial charge in [0.15, 0.2) is 0 Å². The van der Waals surface area contributed by atoms with E-state index in [1.807, 2.05) is 25.2 Å². The molecule has 0 aliphatic rings. The molecule has 1 aromatic rings. The molecule has 2 N–H and O–H groups in total. The molecule has 0 amide bonds. The van der Waals surface area contributed by atoms with Gasteiger partial charge in [0.1, 0.15) is 11.5 Å². The van der Waals surface area contributed by atoms with Crippen LogP contribution in [0.4, 0.5) is 0 Å². The lowest BCUT2D eigenvalue weighted by Gasteiger charge is -2.16. The molecule has 0 heterocycles. The molecule has 1 atom stereocenters. The van der Waals surface area contributed by atoms with Gasteiger partial charge in [0.05, 0.1) is 14.2 Å². The predicted octanol–water partition coefficient (Wildman–Crippen LogP) is 2.04. The summed E-state index contributed by atoms with van der Waals surface area (Å²) < 4.78 is 10.6. The lowest BCUT2D eigenvalue weighted by Crippen LogP contribution is -2.29. The van der Waals surface area contributed by atoms with Crippen molar-refractivity contribution >= 4 is 0 Å². The number of hydrogen-bond acceptors (Lipinski definition) is 4. The van der Waals surface area contributed by atoms with Crippen molar-refractivity contribution in [2.45, 2.75) is 19.9 Å². The fraction of sp³-hybridized carbons (Fsp3) is 0.600. The normalized spacial score (nSPS) is 12.2. The number of methoxy groups -OCH3 is 2. The van der Waals surface area contributed by atoms with Crippen LogP contribution in [-0.4, -0.2) is 34.4 Å². The predicted molar refractivity (Wildman–Crippen MR) is 79.0 cm³/mol. The lowest BCUT2D eigenvalue weighted by atomic mass is 10.1. The van der Waals surface area contributed by atoms with E-state index in [4.69, 9.17) is 9.47 Å². The second-order valence-electron chi connectivity index (χ2n) is 4.64. The highest BCUT2D eigenvalue weighted by molar-refractivity contribution is 5.40. The minimum atomic E-state index is 0.661. The third-order valence-corrected chi connectivity index (χ3v) is 3.31. The van der Waals surface area contributed by atoms with E-state index in [2.05, 4.69) is 17.6 Å². The number of rotatable bonds is 9. The average molecular weight is 266 g/mol. The number of hydrogen-bond donors (Lipinski definition) is 2. The molecule has 0 radical (unpaired) electrons. The minimum Gasteiger partial charge on any atom is -0.497 e. The largest absolute Gasteiger partial charge is 0.497 e. The monoisotopic (exact) mass is 266 g/mol. The van der Waals surface area contributed by atoms with Crippen LogP contribution in [-0.2, 0) is 6.54 Å². The van der Waals surface area contributed by atoms with Crippen LogP contribution >= 0.6 is 0 Å². The Morgan fingerprint density at radius 2 is 1.95 bits per heavy atom. The summed E-state index contributed by atoms with van der Waals surface area (Å²) in [7, 11) is 5.35. The summed E-state index contributed by atoms with van der Waals surface area (Å²) in [5.41, 5.74) is 1.16. The highest BCUT2D eigenvalue weighted by Gasteiger charge is 2.07. The molecule has 1 unspecified atom stereocenters. The van der Waals surface area contributed by atoms with Crippen molar-refractivity contribution in [3.8, 4) is 11.5 Å². The van der Waals surface area contributed by atoms with Crippen molar-refractivity contribution in [2.24, 2.45) is 5.92 Å². The maximum absolute atomic E-state index is 5.39. The maximum atomic E-state index is 5.39. The zero-order valence-corrected chi connectivity index (χ0v) is 12.5. The minimum absolute atomic E-state index is 0.661. The third-order valence-electron chi connectivity index (χ3n) is 3.31. The summed E-state index contributed by atoms with van der Waals surface area (Å²) in [5.74, 6) is 2.35. The van der Waals surface area contributed by atoms with Gasteiger partial charge in [-0.3, -0.25) is 0 Å². The summed E-state index contributed by atoms with van der Waals surface area (Å²) in [4.78, 5) is 0. The molecule has 0 aliphatic carbocycles. The first-order valence-electron chi connectivity index (χ1n) is 6.81. The Morgan fingerprint density at radius 1 is 1.16 bits per heavy atom. The molecule has 0 aliphatic heterocycles. The smallest absolute Gasteiger partial charge is 0.127 e. The Bertz CT molecular complexity index is 369. The van der Waals surface area contributed by atoms with E-state index >= 15 is 0 Å². The van der Waals surface area contributed by atoms with Gasteiger partial charge in [-0.1, -0.05) is 19.4 Å². The fourth-order valence-corrected chi connectivity index (χ4v) is 2.06. The number of nitrogens with one attached hydrogen (secondary N) is 2. The van der Waals surface area contributed by atoms with Crippen molar-refractivity contribution in [1.29, 1.82) is 0 Å². The molecule has 0 spiro atoms. The molecule has 0 saturated carbocycles. The van der Waals surface area contributed by atoms with Crippen LogP contribution in [0.2, 0.25) is 0 Å². The van der Waals surface area contributed by atoms with E-state index in [9.17, 15) is 0 Å². The molecule has 4 heteroatoms. The van der Waals surface area contributed by atoms with Gasteiger partial charge in [-0.2, -0.15) is 0 Å². The SMILES string of the molecule is CCC(CNC)CNCc1ccc(OC)cc1OC. The highest BCUT2D eigenvalue weighted by Crippen LogP contribution is 2.24. The van der Waals surface area contributed by atoms with Crippen LogP contribution in [0, 0.1) is 5.92 Å². The van der Waals surface area contributed by atoms with Gasteiger partial charge < -0.3 is 20.1 Å². The first kappa shape index (κ1) is 15.8. The summed E-state index contributed by atoms with van der Waals surface area (Å²) in [6, 6.07) is 5.93. The summed E-state index contributed by atoms with van der Waals surface area (Å²) in [6.45, 7) is 5.08. The molecule has 4 nitrogen and oxygen atoms in total. The molecule has 19 heavy (non-hydrogen) atoms. The van der Waals surface area contributed by atoms with Crippen molar-refractivity contribution in [2.75, 3.05) is 34.4 Å². The van der Waals surface area contributed by atoms with Crippen molar-refractivity contribution in [3.05, 3.63) is 23.8 Å². The Hall–Kier alpha value is -1.26. The molecule has 1 rings (SSSR count). The zero-order valence-electron chi connectivity index (χ0n) is 12.5. The standard InChI is InChI=1S/C15H26N2O2/c1-5-12(9-16-2)10-17-11-13-6-7-14(18-3)8-15(13)19-4/h6-8,12,16-17H,5,9-11H2,1-4H3. The summed E-state index contributed by atoms with van der Waals surface area (Å²) >= 11 is 0. The van der Waals surface area contributed by atoms with Gasteiger partial charge >= 0.3 is 0 Å². The number of ether oxygens (including phenoxy) is 2. The molecule has 0 fully saturated rings. The van der Waals surface area contributed by atoms with E-state index in [0.717, 1.165) is 36.7 Å². The Balaban J connectivity index is 2.52. The Kier molecular flexibility index (Phi) is 7.30. The van der Waals surface area contributed by atoms with Gasteiger partial charge in [-0.15, -0.1) is 0 Å². The van der Waals surface area contributed by atoms with E-state index in [1.54, 1.807) is 14.2 Å². The summed E-state index contributed by atoms with van der Waals surface area (Å²) in [6.07, 6.45) is 1.17. The first-order chi connectivity index (χ1) is 9.24. The second-order valence-corrected chi connectivity index (χ2v) is 4.64. The van der Waals surface area contributed by atoms with E-state index in [-0.39, 0.29) is 0 Å². The molecule has 1 aromatic carbocycles. The van der Waals surface area contributed by atoms with Gasteiger partial charge in [-0.25, -0.2) is 0 Å². The maximum Gasteiger partial charge on any atom is 0.127 e. The quantitative estimate of drug-likeness (QED) is 0.718. The summed E-state index contributed by atoms with van der Waals surface area (Å²) in [5, 5.41) is 6.71. The van der Waals surface area contributed by atoms with Crippen LogP contribution in [0.15, 0.2) is 18.2 Å². The van der Waals surface area contributed by atoms with Crippen LogP contribution in [0.3, 0.4) is 0 Å². The van der Waals surface area contributed by atoms with Crippen LogP contribution in [0.5, 0.6) is 11.5 Å². The van der Waals surface area contributed by atoms with Crippen molar-refractivity contribution in [1.82, 2.24) is 10.6 Å². The molecular weight excluding hydrogens is 240 g/mol. The van der Waals surface area contributed by atoms with Gasteiger partial charge in [0, 0.05) is 18.2 Å². The van der Waals surface area contributed by atoms with Gasteiger partial charge in [0.2, 0.25) is 0 Å².